The van der Waals surface area contributed by atoms with Crippen LogP contribution in [0.5, 0.6) is 0 Å². The molecule has 9 rings (SSSR count). The number of rotatable bonds is 2. The van der Waals surface area contributed by atoms with Crippen LogP contribution in [-0.2, 0) is 0 Å². The van der Waals surface area contributed by atoms with Crippen LogP contribution in [0.1, 0.15) is 0 Å². The fourth-order valence-corrected chi connectivity index (χ4v) is 5.75. The SMILES string of the molecule is c1ncc2c(n1)oc1cncc(-c3cc4c(cn3)oc3ncc(-c5ncc6c(n5)sc5ncncc56)nc34)c12. The van der Waals surface area contributed by atoms with Gasteiger partial charge in [0.25, 0.3) is 0 Å². The van der Waals surface area contributed by atoms with Gasteiger partial charge in [-0.15, -0.1) is 0 Å². The van der Waals surface area contributed by atoms with E-state index in [1.165, 1.54) is 24.0 Å². The normalized spacial score (nSPS) is 12.1. The lowest BCUT2D eigenvalue weighted by atomic mass is 10.1. The van der Waals surface area contributed by atoms with Crippen LogP contribution in [0.3, 0.4) is 0 Å². The summed E-state index contributed by atoms with van der Waals surface area (Å²) >= 11 is 1.48. The molecule has 9 heterocycles. The molecule has 0 N–H and O–H groups in total. The number of furan rings is 2. The van der Waals surface area contributed by atoms with Crippen LogP contribution in [0.15, 0.2) is 70.9 Å². The fourth-order valence-electron chi connectivity index (χ4n) is 4.79. The molecular weight excluding hydrogens is 516 g/mol. The Labute approximate surface area is 219 Å². The summed E-state index contributed by atoms with van der Waals surface area (Å²) in [5.41, 5.74) is 4.60. The van der Waals surface area contributed by atoms with Crippen molar-refractivity contribution < 1.29 is 8.83 Å². The zero-order valence-corrected chi connectivity index (χ0v) is 20.3. The first kappa shape index (κ1) is 20.5. The minimum atomic E-state index is 0.393. The third kappa shape index (κ3) is 2.92. The number of hydrogen-bond acceptors (Lipinski definition) is 13. The van der Waals surface area contributed by atoms with Gasteiger partial charge in [0.15, 0.2) is 17.0 Å². The van der Waals surface area contributed by atoms with Gasteiger partial charge in [0, 0.05) is 46.5 Å². The van der Waals surface area contributed by atoms with Gasteiger partial charge in [-0.1, -0.05) is 11.3 Å². The molecule has 0 unspecified atom stereocenters. The molecule has 9 aromatic rings. The minimum Gasteiger partial charge on any atom is -0.436 e. The van der Waals surface area contributed by atoms with E-state index in [9.17, 15) is 0 Å². The second kappa shape index (κ2) is 7.49. The van der Waals surface area contributed by atoms with Crippen LogP contribution < -0.4 is 0 Å². The molecule has 0 radical (unpaired) electrons. The van der Waals surface area contributed by atoms with Gasteiger partial charge < -0.3 is 8.83 Å². The maximum absolute atomic E-state index is 5.94. The summed E-state index contributed by atoms with van der Waals surface area (Å²) in [6.07, 6.45) is 14.9. The highest BCUT2D eigenvalue weighted by Gasteiger charge is 2.19. The largest absolute Gasteiger partial charge is 0.436 e. The van der Waals surface area contributed by atoms with Crippen LogP contribution in [0.4, 0.5) is 0 Å². The zero-order valence-electron chi connectivity index (χ0n) is 19.5. The van der Waals surface area contributed by atoms with Crippen LogP contribution in [0, 0.1) is 0 Å². The third-order valence-electron chi connectivity index (χ3n) is 6.55. The Morgan fingerprint density at radius 2 is 1.44 bits per heavy atom. The Hall–Kier alpha value is -5.56. The van der Waals surface area contributed by atoms with Crippen molar-refractivity contribution in [3.63, 3.8) is 0 Å². The van der Waals surface area contributed by atoms with Crippen molar-refractivity contribution in [1.82, 2.24) is 49.8 Å². The summed E-state index contributed by atoms with van der Waals surface area (Å²) in [4.78, 5) is 46.1. The number of aromatic nitrogens is 10. The number of hydrogen-bond donors (Lipinski definition) is 0. The Bertz CT molecular complexity index is 2430. The van der Waals surface area contributed by atoms with Crippen molar-refractivity contribution >= 4 is 76.0 Å². The summed E-state index contributed by atoms with van der Waals surface area (Å²) in [6.45, 7) is 0. The van der Waals surface area contributed by atoms with E-state index in [1.54, 1.807) is 43.4 Å². The highest BCUT2D eigenvalue weighted by molar-refractivity contribution is 7.25. The second-order valence-corrected chi connectivity index (χ2v) is 9.71. The smallest absolute Gasteiger partial charge is 0.246 e. The van der Waals surface area contributed by atoms with Crippen molar-refractivity contribution in [2.45, 2.75) is 0 Å². The van der Waals surface area contributed by atoms with E-state index in [2.05, 4.69) is 39.9 Å². The van der Waals surface area contributed by atoms with Crippen LogP contribution >= 0.6 is 11.3 Å². The fraction of sp³-hybridized carbons (Fsp3) is 0. The molecule has 0 bridgehead atoms. The highest BCUT2D eigenvalue weighted by Crippen LogP contribution is 2.37. The molecule has 0 amide bonds. The summed E-state index contributed by atoms with van der Waals surface area (Å²) in [7, 11) is 0. The molecule has 0 saturated heterocycles. The molecule has 0 spiro atoms. The number of thiophene rings is 1. The van der Waals surface area contributed by atoms with Crippen molar-refractivity contribution in [3.8, 4) is 22.8 Å². The molecule has 0 aliphatic rings. The summed E-state index contributed by atoms with van der Waals surface area (Å²) in [5.74, 6) is 0.457. The topological polar surface area (TPSA) is 155 Å². The maximum Gasteiger partial charge on any atom is 0.246 e. The Kier molecular flexibility index (Phi) is 3.93. The average molecular weight is 527 g/mol. The van der Waals surface area contributed by atoms with Crippen molar-refractivity contribution in [1.29, 1.82) is 0 Å². The van der Waals surface area contributed by atoms with E-state index in [1.807, 2.05) is 6.07 Å². The van der Waals surface area contributed by atoms with Gasteiger partial charge in [-0.05, 0) is 6.07 Å². The molecule has 0 fully saturated rings. The van der Waals surface area contributed by atoms with Gasteiger partial charge in [0.1, 0.15) is 33.5 Å². The van der Waals surface area contributed by atoms with E-state index < -0.39 is 0 Å². The number of fused-ring (bicyclic) bond motifs is 9. The first-order chi connectivity index (χ1) is 19.3. The second-order valence-electron chi connectivity index (χ2n) is 8.74. The van der Waals surface area contributed by atoms with Gasteiger partial charge in [-0.25, -0.2) is 39.9 Å². The molecule has 0 aliphatic heterocycles. The molecule has 9 aromatic heterocycles. The number of nitrogens with zero attached hydrogens (tertiary/aromatic N) is 10. The van der Waals surface area contributed by atoms with Crippen molar-refractivity contribution in [3.05, 3.63) is 62.1 Å². The predicted octanol–water partition coefficient (Wildman–Crippen LogP) is 5.14. The lowest BCUT2D eigenvalue weighted by Crippen LogP contribution is -1.92. The molecular formula is C26H10N10O2S. The first-order valence-electron chi connectivity index (χ1n) is 11.7. The Morgan fingerprint density at radius 1 is 0.564 bits per heavy atom. The van der Waals surface area contributed by atoms with E-state index in [-0.39, 0.29) is 0 Å². The van der Waals surface area contributed by atoms with Crippen molar-refractivity contribution in [2.75, 3.05) is 0 Å². The van der Waals surface area contributed by atoms with Gasteiger partial charge in [0.05, 0.1) is 35.1 Å². The van der Waals surface area contributed by atoms with Gasteiger partial charge >= 0.3 is 0 Å². The molecule has 0 saturated carbocycles. The maximum atomic E-state index is 5.94. The third-order valence-corrected chi connectivity index (χ3v) is 7.57. The molecule has 0 aliphatic carbocycles. The van der Waals surface area contributed by atoms with Crippen LogP contribution in [-0.4, -0.2) is 49.8 Å². The summed E-state index contributed by atoms with van der Waals surface area (Å²) in [6, 6.07) is 1.91. The lowest BCUT2D eigenvalue weighted by molar-refractivity contribution is 0.651. The molecule has 0 aromatic carbocycles. The molecule has 39 heavy (non-hydrogen) atoms. The van der Waals surface area contributed by atoms with E-state index >= 15 is 0 Å². The van der Waals surface area contributed by atoms with E-state index in [0.29, 0.717) is 45.3 Å². The Morgan fingerprint density at radius 3 is 2.41 bits per heavy atom. The highest BCUT2D eigenvalue weighted by atomic mass is 32.1. The first-order valence-corrected chi connectivity index (χ1v) is 12.5. The monoisotopic (exact) mass is 526 g/mol. The van der Waals surface area contributed by atoms with Crippen molar-refractivity contribution in [2.24, 2.45) is 0 Å². The van der Waals surface area contributed by atoms with Gasteiger partial charge in [0.2, 0.25) is 11.4 Å². The molecule has 12 nitrogen and oxygen atoms in total. The van der Waals surface area contributed by atoms with E-state index in [4.69, 9.17) is 18.8 Å². The molecule has 182 valence electrons. The Balaban J connectivity index is 1.23. The lowest BCUT2D eigenvalue weighted by Gasteiger charge is -2.02. The standard InChI is InChI=1S/C26H10N10O2S/c1-11-18(8-30-16(1)14-3-27-7-19-20(14)15-4-29-9-33-23(15)38-19)37-24-21(11)35-17(6-32-24)22-31-5-13-12-2-28-10-34-25(12)39-26(13)36-22/h1-10H. The molecule has 13 heteroatoms. The van der Waals surface area contributed by atoms with Gasteiger partial charge in [-0.2, -0.15) is 0 Å². The average Bonchev–Trinajstić information content (AvgIpc) is 3.67. The quantitative estimate of drug-likeness (QED) is 0.293. The van der Waals surface area contributed by atoms with Crippen LogP contribution in [0.25, 0.3) is 87.5 Å². The van der Waals surface area contributed by atoms with Crippen LogP contribution in [0.2, 0.25) is 0 Å². The van der Waals surface area contributed by atoms with Gasteiger partial charge in [-0.3, -0.25) is 9.97 Å². The predicted molar refractivity (Wildman–Crippen MR) is 143 cm³/mol. The molecule has 0 atom stereocenters. The number of pyridine rings is 2. The summed E-state index contributed by atoms with van der Waals surface area (Å²) in [5, 5.41) is 4.20. The minimum absolute atomic E-state index is 0.393. The van der Waals surface area contributed by atoms with E-state index in [0.717, 1.165) is 42.2 Å². The summed E-state index contributed by atoms with van der Waals surface area (Å²) < 4.78 is 11.8. The zero-order chi connectivity index (χ0) is 25.5.